The van der Waals surface area contributed by atoms with E-state index in [1.165, 1.54) is 35.1 Å². The van der Waals surface area contributed by atoms with Crippen molar-refractivity contribution in [3.05, 3.63) is 76.7 Å². The van der Waals surface area contributed by atoms with E-state index in [9.17, 15) is 9.90 Å². The van der Waals surface area contributed by atoms with Gasteiger partial charge in [0.2, 0.25) is 0 Å². The number of carboxylic acids is 1. The highest BCUT2D eigenvalue weighted by molar-refractivity contribution is 5.94. The van der Waals surface area contributed by atoms with Crippen LogP contribution in [0.3, 0.4) is 0 Å². The Morgan fingerprint density at radius 2 is 1.86 bits per heavy atom. The van der Waals surface area contributed by atoms with Crippen LogP contribution in [0, 0.1) is 12.3 Å². The number of ether oxygens (including phenoxy) is 1. The summed E-state index contributed by atoms with van der Waals surface area (Å²) in [7, 11) is 0. The van der Waals surface area contributed by atoms with E-state index in [1.807, 2.05) is 6.07 Å². The van der Waals surface area contributed by atoms with Gasteiger partial charge in [0.25, 0.3) is 0 Å². The first-order valence-electron chi connectivity index (χ1n) is 15.8. The standard InChI is InChI=1S/C36H37N3O4/c1-22-5-2-3-8-27(22)33-29(34(43-38-33)24-9-10-24)17-23-20-36(21-23)13-15-39(16-14-36)25-11-12-30-28(18-25)32(42-26-6-4-7-26)19-31(37-30)35(40)41/h2-3,5,8,11-12,17-19,24,26H,4,6-7,9-10,13-16,20-21H2,1H3,(H,40,41). The third kappa shape index (κ3) is 4.89. The van der Waals surface area contributed by atoms with Crippen molar-refractivity contribution in [3.63, 3.8) is 0 Å². The molecular weight excluding hydrogens is 538 g/mol. The molecule has 2 aromatic heterocycles. The van der Waals surface area contributed by atoms with Crippen molar-refractivity contribution >= 4 is 28.6 Å². The van der Waals surface area contributed by atoms with E-state index in [0.29, 0.717) is 22.6 Å². The van der Waals surface area contributed by atoms with Crippen molar-refractivity contribution in [3.8, 4) is 17.0 Å². The zero-order chi connectivity index (χ0) is 29.1. The van der Waals surface area contributed by atoms with Crippen molar-refractivity contribution in [1.29, 1.82) is 0 Å². The number of hydrogen-bond acceptors (Lipinski definition) is 6. The number of aromatic nitrogens is 2. The maximum absolute atomic E-state index is 11.7. The van der Waals surface area contributed by atoms with Crippen LogP contribution >= 0.6 is 0 Å². The largest absolute Gasteiger partial charge is 0.490 e. The molecular formula is C36H37N3O4. The minimum atomic E-state index is -1.03. The van der Waals surface area contributed by atoms with Gasteiger partial charge in [-0.3, -0.25) is 0 Å². The molecule has 1 saturated heterocycles. The van der Waals surface area contributed by atoms with Crippen molar-refractivity contribution < 1.29 is 19.2 Å². The Balaban J connectivity index is 0.991. The smallest absolute Gasteiger partial charge is 0.354 e. The van der Waals surface area contributed by atoms with Crippen molar-refractivity contribution in [2.45, 2.75) is 76.7 Å². The summed E-state index contributed by atoms with van der Waals surface area (Å²) in [5, 5.41) is 15.0. The zero-order valence-electron chi connectivity index (χ0n) is 24.6. The summed E-state index contributed by atoms with van der Waals surface area (Å²) in [5.41, 5.74) is 8.32. The number of piperidine rings is 1. The Hall–Kier alpha value is -4.13. The van der Waals surface area contributed by atoms with E-state index in [4.69, 9.17) is 9.26 Å². The highest BCUT2D eigenvalue weighted by atomic mass is 16.5. The molecule has 4 aromatic rings. The van der Waals surface area contributed by atoms with Crippen LogP contribution in [0.5, 0.6) is 5.75 Å². The average Bonchev–Trinajstić information content (AvgIpc) is 3.74. The Labute approximate surface area is 251 Å². The van der Waals surface area contributed by atoms with Gasteiger partial charge in [-0.05, 0) is 100.0 Å². The fourth-order valence-corrected chi connectivity index (χ4v) is 7.19. The number of fused-ring (bicyclic) bond motifs is 1. The minimum absolute atomic E-state index is 0.0322. The molecule has 220 valence electrons. The summed E-state index contributed by atoms with van der Waals surface area (Å²) in [6.45, 7) is 4.16. The van der Waals surface area contributed by atoms with Gasteiger partial charge in [-0.25, -0.2) is 9.78 Å². The van der Waals surface area contributed by atoms with Crippen LogP contribution in [0.4, 0.5) is 5.69 Å². The van der Waals surface area contributed by atoms with Crippen LogP contribution in [0.2, 0.25) is 0 Å². The Bertz CT molecular complexity index is 1750. The summed E-state index contributed by atoms with van der Waals surface area (Å²) in [4.78, 5) is 18.6. The van der Waals surface area contributed by atoms with E-state index >= 15 is 0 Å². The van der Waals surface area contributed by atoms with Gasteiger partial charge in [0.15, 0.2) is 5.69 Å². The number of rotatable bonds is 7. The number of carboxylic acid groups (broad SMARTS) is 1. The van der Waals surface area contributed by atoms with Crippen LogP contribution in [0.25, 0.3) is 28.2 Å². The van der Waals surface area contributed by atoms with Crippen molar-refractivity contribution in [2.24, 2.45) is 5.41 Å². The van der Waals surface area contributed by atoms with Crippen LogP contribution < -0.4 is 9.64 Å². The van der Waals surface area contributed by atoms with Gasteiger partial charge < -0.3 is 19.3 Å². The van der Waals surface area contributed by atoms with E-state index in [2.05, 4.69) is 64.4 Å². The molecule has 1 aliphatic heterocycles. The minimum Gasteiger partial charge on any atom is -0.490 e. The normalized spacial score (nSPS) is 19.7. The lowest BCUT2D eigenvalue weighted by atomic mass is 9.60. The van der Waals surface area contributed by atoms with Gasteiger partial charge in [0.1, 0.15) is 17.2 Å². The molecule has 0 amide bonds. The van der Waals surface area contributed by atoms with Gasteiger partial charge in [-0.2, -0.15) is 0 Å². The molecule has 3 saturated carbocycles. The maximum Gasteiger partial charge on any atom is 0.354 e. The number of anilines is 1. The molecule has 4 aliphatic rings. The predicted octanol–water partition coefficient (Wildman–Crippen LogP) is 8.17. The fraction of sp³-hybridized carbons (Fsp3) is 0.417. The third-order valence-corrected chi connectivity index (χ3v) is 10.2. The van der Waals surface area contributed by atoms with E-state index in [-0.39, 0.29) is 11.8 Å². The lowest BCUT2D eigenvalue weighted by Gasteiger charge is -2.50. The second-order valence-electron chi connectivity index (χ2n) is 13.2. The molecule has 8 rings (SSSR count). The molecule has 0 radical (unpaired) electrons. The maximum atomic E-state index is 11.7. The van der Waals surface area contributed by atoms with E-state index in [0.717, 1.165) is 80.6 Å². The first-order valence-corrected chi connectivity index (χ1v) is 15.8. The first-order chi connectivity index (χ1) is 20.9. The number of pyridine rings is 1. The highest BCUT2D eigenvalue weighted by Crippen LogP contribution is 2.54. The average molecular weight is 576 g/mol. The molecule has 1 N–H and O–H groups in total. The molecule has 2 aromatic carbocycles. The Morgan fingerprint density at radius 1 is 1.07 bits per heavy atom. The quantitative estimate of drug-likeness (QED) is 0.238. The molecule has 7 heteroatoms. The molecule has 4 fully saturated rings. The van der Waals surface area contributed by atoms with Crippen LogP contribution in [0.1, 0.15) is 91.1 Å². The Morgan fingerprint density at radius 3 is 2.56 bits per heavy atom. The second-order valence-corrected chi connectivity index (χ2v) is 13.2. The topological polar surface area (TPSA) is 88.7 Å². The number of carbonyl (C=O) groups is 1. The molecule has 0 unspecified atom stereocenters. The summed E-state index contributed by atoms with van der Waals surface area (Å²) in [5.74, 6) is 1.20. The fourth-order valence-electron chi connectivity index (χ4n) is 7.19. The second kappa shape index (κ2) is 10.2. The first kappa shape index (κ1) is 26.5. The summed E-state index contributed by atoms with van der Waals surface area (Å²) < 4.78 is 12.2. The van der Waals surface area contributed by atoms with Crippen LogP contribution in [-0.4, -0.2) is 40.4 Å². The lowest BCUT2D eigenvalue weighted by Crippen LogP contribution is -2.44. The number of benzene rings is 2. The number of allylic oxidation sites excluding steroid dienone is 1. The van der Waals surface area contributed by atoms with Gasteiger partial charge in [0.05, 0.1) is 11.6 Å². The SMILES string of the molecule is Cc1ccccc1-c1noc(C2CC2)c1C=C1CC2(CCN(c3ccc4nc(C(=O)O)cc(OC5CCC5)c4c3)CC2)C1. The number of aryl methyl sites for hydroxylation is 1. The molecule has 0 bridgehead atoms. The molecule has 0 atom stereocenters. The van der Waals surface area contributed by atoms with Crippen LogP contribution in [-0.2, 0) is 0 Å². The molecule has 43 heavy (non-hydrogen) atoms. The highest BCUT2D eigenvalue weighted by Gasteiger charge is 2.43. The van der Waals surface area contributed by atoms with E-state index in [1.54, 1.807) is 6.07 Å². The zero-order valence-corrected chi connectivity index (χ0v) is 24.6. The van der Waals surface area contributed by atoms with Gasteiger partial charge in [0, 0.05) is 47.3 Å². The summed E-state index contributed by atoms with van der Waals surface area (Å²) in [6, 6.07) is 16.2. The number of nitrogens with zero attached hydrogens (tertiary/aromatic N) is 3. The third-order valence-electron chi connectivity index (χ3n) is 10.2. The summed E-state index contributed by atoms with van der Waals surface area (Å²) in [6.07, 6.45) is 12.7. The lowest BCUT2D eigenvalue weighted by molar-refractivity contribution is 0.0689. The number of hydrogen-bond donors (Lipinski definition) is 1. The van der Waals surface area contributed by atoms with Gasteiger partial charge in [-0.15, -0.1) is 0 Å². The van der Waals surface area contributed by atoms with Gasteiger partial charge >= 0.3 is 5.97 Å². The molecule has 3 aliphatic carbocycles. The molecule has 1 spiro atoms. The van der Waals surface area contributed by atoms with E-state index < -0.39 is 5.97 Å². The van der Waals surface area contributed by atoms with Crippen molar-refractivity contribution in [1.82, 2.24) is 10.1 Å². The van der Waals surface area contributed by atoms with Gasteiger partial charge in [-0.1, -0.05) is 35.0 Å². The predicted molar refractivity (Wildman–Crippen MR) is 167 cm³/mol. The van der Waals surface area contributed by atoms with Crippen molar-refractivity contribution in [2.75, 3.05) is 18.0 Å². The van der Waals surface area contributed by atoms with Crippen LogP contribution in [0.15, 0.2) is 58.6 Å². The molecule has 3 heterocycles. The summed E-state index contributed by atoms with van der Waals surface area (Å²) >= 11 is 0. The Kier molecular flexibility index (Phi) is 6.32. The number of aromatic carboxylic acids is 1. The molecule has 7 nitrogen and oxygen atoms in total. The monoisotopic (exact) mass is 575 g/mol.